The smallest absolute Gasteiger partial charge is 0.252 e. The van der Waals surface area contributed by atoms with Crippen molar-refractivity contribution in [2.24, 2.45) is 5.92 Å². The molecular formula is C20H23N3O3S. The lowest BCUT2D eigenvalue weighted by Gasteiger charge is -2.32. The van der Waals surface area contributed by atoms with Crippen LogP contribution in [-0.4, -0.2) is 42.3 Å². The van der Waals surface area contributed by atoms with E-state index in [4.69, 9.17) is 0 Å². The molecule has 2 N–H and O–H groups in total. The fourth-order valence-corrected chi connectivity index (χ4v) is 3.76. The van der Waals surface area contributed by atoms with Crippen LogP contribution in [-0.2, 0) is 9.59 Å². The van der Waals surface area contributed by atoms with Crippen LogP contribution < -0.4 is 10.6 Å². The molecule has 1 saturated heterocycles. The van der Waals surface area contributed by atoms with Gasteiger partial charge in [-0.1, -0.05) is 18.2 Å². The van der Waals surface area contributed by atoms with E-state index >= 15 is 0 Å². The molecule has 142 valence electrons. The quantitative estimate of drug-likeness (QED) is 0.803. The van der Waals surface area contributed by atoms with Gasteiger partial charge in [-0.3, -0.25) is 14.4 Å². The molecule has 1 aliphatic rings. The van der Waals surface area contributed by atoms with Gasteiger partial charge in [0.2, 0.25) is 11.8 Å². The first-order valence-electron chi connectivity index (χ1n) is 9.07. The number of benzene rings is 1. The minimum Gasteiger partial charge on any atom is -0.351 e. The number of hydrogen-bond donors (Lipinski definition) is 2. The number of carbonyl (C=O) groups excluding carboxylic acids is 3. The Morgan fingerprint density at radius 3 is 2.70 bits per heavy atom. The highest BCUT2D eigenvalue weighted by Gasteiger charge is 2.28. The van der Waals surface area contributed by atoms with Gasteiger partial charge in [-0.05, 0) is 36.4 Å². The van der Waals surface area contributed by atoms with Crippen molar-refractivity contribution in [2.75, 3.05) is 25.0 Å². The maximum Gasteiger partial charge on any atom is 0.252 e. The Morgan fingerprint density at radius 2 is 1.96 bits per heavy atom. The zero-order valence-corrected chi connectivity index (χ0v) is 15.8. The number of carbonyl (C=O) groups is 3. The molecule has 2 aromatic rings. The van der Waals surface area contributed by atoms with Gasteiger partial charge in [-0.25, -0.2) is 0 Å². The molecule has 3 rings (SSSR count). The molecule has 0 spiro atoms. The van der Waals surface area contributed by atoms with Crippen molar-refractivity contribution >= 4 is 34.7 Å². The van der Waals surface area contributed by atoms with E-state index in [0.29, 0.717) is 25.2 Å². The number of rotatable bonds is 6. The van der Waals surface area contributed by atoms with E-state index in [1.807, 2.05) is 35.7 Å². The zero-order valence-electron chi connectivity index (χ0n) is 15.0. The second kappa shape index (κ2) is 9.32. The van der Waals surface area contributed by atoms with Crippen LogP contribution in [0.2, 0.25) is 0 Å². The molecule has 1 fully saturated rings. The number of piperidine rings is 1. The summed E-state index contributed by atoms with van der Waals surface area (Å²) in [5.74, 6) is -0.451. The average Bonchev–Trinajstić information content (AvgIpc) is 3.23. The molecule has 7 heteroatoms. The molecule has 2 heterocycles. The summed E-state index contributed by atoms with van der Waals surface area (Å²) in [5, 5.41) is 9.29. The Kier molecular flexibility index (Phi) is 6.59. The van der Waals surface area contributed by atoms with Crippen LogP contribution in [0.3, 0.4) is 0 Å². The highest BCUT2D eigenvalue weighted by atomic mass is 32.1. The standard InChI is InChI=1S/C20H23N3O3S/c24-18(8-10-21-19(25)16-9-12-27-14-16)23-11-4-5-15(13-23)20(26)22-17-6-2-1-3-7-17/h1-3,6-7,9,12,14-15H,4-5,8,10-11,13H2,(H,21,25)(H,22,26). The first kappa shape index (κ1) is 19.1. The van der Waals surface area contributed by atoms with Crippen molar-refractivity contribution in [1.29, 1.82) is 0 Å². The molecule has 27 heavy (non-hydrogen) atoms. The van der Waals surface area contributed by atoms with Gasteiger partial charge in [-0.15, -0.1) is 0 Å². The molecule has 0 aliphatic carbocycles. The molecule has 0 bridgehead atoms. The Hall–Kier alpha value is -2.67. The minimum atomic E-state index is -0.205. The molecule has 3 amide bonds. The topological polar surface area (TPSA) is 78.5 Å². The van der Waals surface area contributed by atoms with Gasteiger partial charge in [0, 0.05) is 42.7 Å². The molecule has 0 radical (unpaired) electrons. The number of likely N-dealkylation sites (tertiary alicyclic amines) is 1. The third-order valence-electron chi connectivity index (χ3n) is 4.59. The lowest BCUT2D eigenvalue weighted by atomic mass is 9.96. The van der Waals surface area contributed by atoms with Gasteiger partial charge in [0.1, 0.15) is 0 Å². The van der Waals surface area contributed by atoms with Crippen LogP contribution in [0.4, 0.5) is 5.69 Å². The highest BCUT2D eigenvalue weighted by Crippen LogP contribution is 2.19. The Morgan fingerprint density at radius 1 is 1.15 bits per heavy atom. The molecular weight excluding hydrogens is 362 g/mol. The minimum absolute atomic E-state index is 0.0298. The van der Waals surface area contributed by atoms with Crippen molar-refractivity contribution in [1.82, 2.24) is 10.2 Å². The number of para-hydroxylation sites is 1. The molecule has 1 aliphatic heterocycles. The van der Waals surface area contributed by atoms with Gasteiger partial charge in [0.05, 0.1) is 5.92 Å². The summed E-state index contributed by atoms with van der Waals surface area (Å²) in [6.07, 6.45) is 1.82. The first-order chi connectivity index (χ1) is 13.1. The van der Waals surface area contributed by atoms with Crippen molar-refractivity contribution in [3.05, 3.63) is 52.7 Å². The molecule has 1 atom stereocenters. The third-order valence-corrected chi connectivity index (χ3v) is 5.28. The van der Waals surface area contributed by atoms with E-state index in [9.17, 15) is 14.4 Å². The van der Waals surface area contributed by atoms with Crippen molar-refractivity contribution < 1.29 is 14.4 Å². The largest absolute Gasteiger partial charge is 0.351 e. The fraction of sp³-hybridized carbons (Fsp3) is 0.350. The Labute approximate surface area is 162 Å². The molecule has 1 unspecified atom stereocenters. The summed E-state index contributed by atoms with van der Waals surface area (Å²) in [6, 6.07) is 11.1. The Balaban J connectivity index is 1.45. The molecule has 1 aromatic heterocycles. The average molecular weight is 385 g/mol. The molecule has 6 nitrogen and oxygen atoms in total. The summed E-state index contributed by atoms with van der Waals surface area (Å²) >= 11 is 1.46. The lowest BCUT2D eigenvalue weighted by Crippen LogP contribution is -2.44. The van der Waals surface area contributed by atoms with Crippen LogP contribution in [0.1, 0.15) is 29.6 Å². The van der Waals surface area contributed by atoms with E-state index in [-0.39, 0.29) is 30.1 Å². The zero-order chi connectivity index (χ0) is 19.1. The SMILES string of the molecule is O=C(NCCC(=O)N1CCCC(C(=O)Nc2ccccc2)C1)c1ccsc1. The maximum absolute atomic E-state index is 12.5. The highest BCUT2D eigenvalue weighted by molar-refractivity contribution is 7.08. The van der Waals surface area contributed by atoms with Gasteiger partial charge in [-0.2, -0.15) is 11.3 Å². The number of hydrogen-bond acceptors (Lipinski definition) is 4. The van der Waals surface area contributed by atoms with Gasteiger partial charge in [0.25, 0.3) is 5.91 Å². The number of amides is 3. The van der Waals surface area contributed by atoms with E-state index in [0.717, 1.165) is 18.5 Å². The summed E-state index contributed by atoms with van der Waals surface area (Å²) in [7, 11) is 0. The van der Waals surface area contributed by atoms with E-state index in [1.54, 1.807) is 16.3 Å². The van der Waals surface area contributed by atoms with Crippen LogP contribution in [0.15, 0.2) is 47.2 Å². The normalized spacial score (nSPS) is 16.6. The van der Waals surface area contributed by atoms with Crippen molar-refractivity contribution in [3.63, 3.8) is 0 Å². The number of nitrogens with one attached hydrogen (secondary N) is 2. The summed E-state index contributed by atoms with van der Waals surface area (Å²) in [5.41, 5.74) is 1.38. The van der Waals surface area contributed by atoms with E-state index < -0.39 is 0 Å². The van der Waals surface area contributed by atoms with Crippen LogP contribution >= 0.6 is 11.3 Å². The predicted octanol–water partition coefficient (Wildman–Crippen LogP) is 2.75. The third kappa shape index (κ3) is 5.40. The van der Waals surface area contributed by atoms with Crippen LogP contribution in [0, 0.1) is 5.92 Å². The van der Waals surface area contributed by atoms with Gasteiger partial charge < -0.3 is 15.5 Å². The summed E-state index contributed by atoms with van der Waals surface area (Å²) in [6.45, 7) is 1.38. The van der Waals surface area contributed by atoms with Crippen molar-refractivity contribution in [3.8, 4) is 0 Å². The summed E-state index contributed by atoms with van der Waals surface area (Å²) < 4.78 is 0. The lowest BCUT2D eigenvalue weighted by molar-refractivity contribution is -0.134. The van der Waals surface area contributed by atoms with Crippen LogP contribution in [0.5, 0.6) is 0 Å². The maximum atomic E-state index is 12.5. The predicted molar refractivity (Wildman–Crippen MR) is 106 cm³/mol. The number of thiophene rings is 1. The monoisotopic (exact) mass is 385 g/mol. The second-order valence-electron chi connectivity index (χ2n) is 6.55. The van der Waals surface area contributed by atoms with E-state index in [1.165, 1.54) is 11.3 Å². The first-order valence-corrected chi connectivity index (χ1v) is 10.0. The Bertz CT molecular complexity index is 777. The van der Waals surface area contributed by atoms with Crippen molar-refractivity contribution in [2.45, 2.75) is 19.3 Å². The fourth-order valence-electron chi connectivity index (χ4n) is 3.12. The molecule has 0 saturated carbocycles. The molecule has 1 aromatic carbocycles. The van der Waals surface area contributed by atoms with E-state index in [2.05, 4.69) is 10.6 Å². The van der Waals surface area contributed by atoms with Gasteiger partial charge >= 0.3 is 0 Å². The summed E-state index contributed by atoms with van der Waals surface area (Å²) in [4.78, 5) is 38.5. The van der Waals surface area contributed by atoms with Crippen LogP contribution in [0.25, 0.3) is 0 Å². The second-order valence-corrected chi connectivity index (χ2v) is 7.33. The number of nitrogens with zero attached hydrogens (tertiary/aromatic N) is 1. The number of anilines is 1. The van der Waals surface area contributed by atoms with Gasteiger partial charge in [0.15, 0.2) is 0 Å².